The second kappa shape index (κ2) is 10.2. The average Bonchev–Trinajstić information content (AvgIpc) is 2.52. The maximum Gasteiger partial charge on any atom is 0.257 e. The van der Waals surface area contributed by atoms with E-state index in [1.54, 1.807) is 0 Å². The van der Waals surface area contributed by atoms with Crippen molar-refractivity contribution in [1.29, 1.82) is 0 Å². The first-order valence-corrected chi connectivity index (χ1v) is 7.75. The van der Waals surface area contributed by atoms with Crippen LogP contribution in [0.5, 0.6) is 5.75 Å². The van der Waals surface area contributed by atoms with Gasteiger partial charge < -0.3 is 14.8 Å². The summed E-state index contributed by atoms with van der Waals surface area (Å²) >= 11 is 0. The van der Waals surface area contributed by atoms with Crippen molar-refractivity contribution in [3.05, 3.63) is 29.8 Å². The van der Waals surface area contributed by atoms with E-state index >= 15 is 0 Å². The molecule has 0 fully saturated rings. The molecule has 0 aliphatic rings. The lowest BCUT2D eigenvalue weighted by atomic mass is 9.98. The molecule has 0 radical (unpaired) electrons. The molecule has 1 atom stereocenters. The monoisotopic (exact) mass is 293 g/mol. The quantitative estimate of drug-likeness (QED) is 0.674. The smallest absolute Gasteiger partial charge is 0.257 e. The van der Waals surface area contributed by atoms with Crippen LogP contribution in [0.4, 0.5) is 0 Å². The molecular formula is C17H27NO3. The molecule has 0 bridgehead atoms. The minimum Gasteiger partial charge on any atom is -0.483 e. The Morgan fingerprint density at radius 2 is 2.05 bits per heavy atom. The lowest BCUT2D eigenvalue weighted by Crippen LogP contribution is -2.30. The highest BCUT2D eigenvalue weighted by Gasteiger charge is 2.10. The van der Waals surface area contributed by atoms with Gasteiger partial charge in [0.25, 0.3) is 5.91 Å². The van der Waals surface area contributed by atoms with Crippen molar-refractivity contribution in [3.63, 3.8) is 0 Å². The molecule has 0 saturated carbocycles. The van der Waals surface area contributed by atoms with Crippen LogP contribution in [0.2, 0.25) is 0 Å². The summed E-state index contributed by atoms with van der Waals surface area (Å²) in [6.45, 7) is 8.33. The van der Waals surface area contributed by atoms with E-state index in [0.717, 1.165) is 24.2 Å². The average molecular weight is 293 g/mol. The zero-order valence-electron chi connectivity index (χ0n) is 13.4. The Kier molecular flexibility index (Phi) is 8.51. The van der Waals surface area contributed by atoms with Crippen molar-refractivity contribution < 1.29 is 14.3 Å². The van der Waals surface area contributed by atoms with Gasteiger partial charge in [0.1, 0.15) is 5.75 Å². The maximum atomic E-state index is 11.7. The Balaban J connectivity index is 2.36. The van der Waals surface area contributed by atoms with E-state index in [0.29, 0.717) is 25.7 Å². The fraction of sp³-hybridized carbons (Fsp3) is 0.588. The Hall–Kier alpha value is -1.55. The number of rotatable bonds is 10. The maximum absolute atomic E-state index is 11.7. The van der Waals surface area contributed by atoms with Crippen LogP contribution in [0, 0.1) is 0 Å². The van der Waals surface area contributed by atoms with E-state index in [1.165, 1.54) is 0 Å². The fourth-order valence-electron chi connectivity index (χ4n) is 1.98. The van der Waals surface area contributed by atoms with E-state index in [4.69, 9.17) is 9.47 Å². The van der Waals surface area contributed by atoms with Crippen LogP contribution in [-0.4, -0.2) is 32.3 Å². The van der Waals surface area contributed by atoms with Gasteiger partial charge in [-0.3, -0.25) is 4.79 Å². The first-order chi connectivity index (χ1) is 10.2. The predicted octanol–water partition coefficient (Wildman–Crippen LogP) is 3.12. The highest BCUT2D eigenvalue weighted by molar-refractivity contribution is 5.77. The second-order valence-electron chi connectivity index (χ2n) is 5.04. The number of hydrogen-bond acceptors (Lipinski definition) is 3. The Labute approximate surface area is 127 Å². The van der Waals surface area contributed by atoms with Crippen LogP contribution in [0.1, 0.15) is 45.1 Å². The van der Waals surface area contributed by atoms with Gasteiger partial charge in [-0.2, -0.15) is 0 Å². The van der Waals surface area contributed by atoms with E-state index in [9.17, 15) is 4.79 Å². The number of amides is 1. The molecule has 1 unspecified atom stereocenters. The summed E-state index contributed by atoms with van der Waals surface area (Å²) in [5.41, 5.74) is 1.16. The van der Waals surface area contributed by atoms with Gasteiger partial charge in [0, 0.05) is 19.8 Å². The van der Waals surface area contributed by atoms with Gasteiger partial charge in [-0.1, -0.05) is 32.0 Å². The molecule has 0 aromatic heterocycles. The number of ether oxygens (including phenoxy) is 2. The van der Waals surface area contributed by atoms with Crippen LogP contribution >= 0.6 is 0 Å². The van der Waals surface area contributed by atoms with Gasteiger partial charge in [0.15, 0.2) is 6.61 Å². The molecule has 1 aromatic rings. The summed E-state index contributed by atoms with van der Waals surface area (Å²) < 4.78 is 10.9. The molecule has 1 aromatic carbocycles. The van der Waals surface area contributed by atoms with Crippen LogP contribution in [-0.2, 0) is 9.53 Å². The molecule has 0 aliphatic carbocycles. The largest absolute Gasteiger partial charge is 0.483 e. The van der Waals surface area contributed by atoms with Crippen molar-refractivity contribution in [2.75, 3.05) is 26.4 Å². The Morgan fingerprint density at radius 3 is 2.76 bits per heavy atom. The molecule has 118 valence electrons. The van der Waals surface area contributed by atoms with Crippen molar-refractivity contribution in [1.82, 2.24) is 5.32 Å². The molecule has 1 amide bonds. The fourth-order valence-corrected chi connectivity index (χ4v) is 1.98. The van der Waals surface area contributed by atoms with E-state index < -0.39 is 0 Å². The molecule has 0 aliphatic heterocycles. The van der Waals surface area contributed by atoms with Crippen LogP contribution in [0.15, 0.2) is 24.3 Å². The van der Waals surface area contributed by atoms with Gasteiger partial charge in [0.2, 0.25) is 0 Å². The number of para-hydroxylation sites is 1. The first kappa shape index (κ1) is 17.5. The standard InChI is InChI=1S/C17H27NO3/c1-4-14(3)15-9-6-7-10-16(15)21-13-17(19)18-11-8-12-20-5-2/h6-7,9-10,14H,4-5,8,11-13H2,1-3H3,(H,18,19). The number of hydrogen-bond donors (Lipinski definition) is 1. The van der Waals surface area contributed by atoms with Crippen LogP contribution in [0.25, 0.3) is 0 Å². The molecule has 4 nitrogen and oxygen atoms in total. The van der Waals surface area contributed by atoms with Crippen molar-refractivity contribution >= 4 is 5.91 Å². The third-order valence-corrected chi connectivity index (χ3v) is 3.41. The highest BCUT2D eigenvalue weighted by Crippen LogP contribution is 2.28. The highest BCUT2D eigenvalue weighted by atomic mass is 16.5. The van der Waals surface area contributed by atoms with Gasteiger partial charge in [-0.25, -0.2) is 0 Å². The molecule has 21 heavy (non-hydrogen) atoms. The molecular weight excluding hydrogens is 266 g/mol. The van der Waals surface area contributed by atoms with Crippen LogP contribution in [0.3, 0.4) is 0 Å². The Bertz CT molecular complexity index is 420. The molecule has 0 spiro atoms. The SMILES string of the molecule is CCOCCCNC(=O)COc1ccccc1C(C)CC. The summed E-state index contributed by atoms with van der Waals surface area (Å²) in [6, 6.07) is 7.91. The Morgan fingerprint density at radius 1 is 1.29 bits per heavy atom. The third-order valence-electron chi connectivity index (χ3n) is 3.41. The number of benzene rings is 1. The van der Waals surface area contributed by atoms with Crippen molar-refractivity contribution in [2.24, 2.45) is 0 Å². The zero-order chi connectivity index (χ0) is 15.5. The van der Waals surface area contributed by atoms with Crippen molar-refractivity contribution in [2.45, 2.75) is 39.5 Å². The van der Waals surface area contributed by atoms with Crippen molar-refractivity contribution in [3.8, 4) is 5.75 Å². The second-order valence-corrected chi connectivity index (χ2v) is 5.04. The normalized spacial score (nSPS) is 12.0. The lowest BCUT2D eigenvalue weighted by molar-refractivity contribution is -0.123. The predicted molar refractivity (Wildman–Crippen MR) is 84.8 cm³/mol. The summed E-state index contributed by atoms with van der Waals surface area (Å²) in [5, 5.41) is 2.83. The topological polar surface area (TPSA) is 47.6 Å². The third kappa shape index (κ3) is 6.63. The lowest BCUT2D eigenvalue weighted by Gasteiger charge is -2.15. The summed E-state index contributed by atoms with van der Waals surface area (Å²) in [4.78, 5) is 11.7. The zero-order valence-corrected chi connectivity index (χ0v) is 13.4. The molecule has 0 heterocycles. The van der Waals surface area contributed by atoms with Gasteiger partial charge in [-0.15, -0.1) is 0 Å². The van der Waals surface area contributed by atoms with Gasteiger partial charge in [-0.05, 0) is 37.3 Å². The molecule has 4 heteroatoms. The minimum atomic E-state index is -0.0922. The molecule has 1 rings (SSSR count). The summed E-state index contributed by atoms with van der Waals surface area (Å²) in [5.74, 6) is 1.14. The van der Waals surface area contributed by atoms with Gasteiger partial charge in [0.05, 0.1) is 0 Å². The van der Waals surface area contributed by atoms with Gasteiger partial charge >= 0.3 is 0 Å². The molecule has 0 saturated heterocycles. The molecule has 1 N–H and O–H groups in total. The minimum absolute atomic E-state index is 0.0576. The number of nitrogens with one attached hydrogen (secondary N) is 1. The summed E-state index contributed by atoms with van der Waals surface area (Å²) in [6.07, 6.45) is 1.87. The van der Waals surface area contributed by atoms with E-state index in [2.05, 4.69) is 25.2 Å². The van der Waals surface area contributed by atoms with Crippen LogP contribution < -0.4 is 10.1 Å². The first-order valence-electron chi connectivity index (χ1n) is 7.75. The number of carbonyl (C=O) groups excluding carboxylic acids is 1. The summed E-state index contributed by atoms with van der Waals surface area (Å²) in [7, 11) is 0. The van der Waals surface area contributed by atoms with E-state index in [1.807, 2.05) is 25.1 Å². The number of carbonyl (C=O) groups is 1. The van der Waals surface area contributed by atoms with E-state index in [-0.39, 0.29) is 12.5 Å².